The summed E-state index contributed by atoms with van der Waals surface area (Å²) in [6.45, 7) is 0. The summed E-state index contributed by atoms with van der Waals surface area (Å²) in [6.07, 6.45) is 2.88. The number of ether oxygens (including phenoxy) is 1. The zero-order valence-electron chi connectivity index (χ0n) is 8.52. The number of hydrogen-bond acceptors (Lipinski definition) is 2. The van der Waals surface area contributed by atoms with Gasteiger partial charge in [0.2, 0.25) is 0 Å². The molecule has 0 amide bonds. The van der Waals surface area contributed by atoms with Gasteiger partial charge in [0.15, 0.2) is 0 Å². The summed E-state index contributed by atoms with van der Waals surface area (Å²) in [7, 11) is 1.51. The van der Waals surface area contributed by atoms with Crippen LogP contribution in [-0.2, 0) is 5.54 Å². The van der Waals surface area contributed by atoms with Gasteiger partial charge in [0.05, 0.1) is 12.1 Å². The third kappa shape index (κ3) is 1.70. The monoisotopic (exact) mass is 229 g/mol. The van der Waals surface area contributed by atoms with Crippen LogP contribution in [0.5, 0.6) is 5.75 Å². The summed E-state index contributed by atoms with van der Waals surface area (Å²) in [5.74, 6) is 0.0132. The quantitative estimate of drug-likeness (QED) is 0.847. The van der Waals surface area contributed by atoms with E-state index in [-0.39, 0.29) is 10.6 Å². The number of hydrogen-bond donors (Lipinski definition) is 1. The minimum Gasteiger partial charge on any atom is -0.496 e. The first-order valence-corrected chi connectivity index (χ1v) is 5.27. The van der Waals surface area contributed by atoms with E-state index in [1.807, 2.05) is 0 Å². The first-order valence-electron chi connectivity index (χ1n) is 4.89. The van der Waals surface area contributed by atoms with Crippen LogP contribution in [0.25, 0.3) is 0 Å². The lowest BCUT2D eigenvalue weighted by atomic mass is 9.72. The van der Waals surface area contributed by atoms with Gasteiger partial charge >= 0.3 is 0 Å². The van der Waals surface area contributed by atoms with E-state index >= 15 is 0 Å². The molecule has 1 aromatic rings. The van der Waals surface area contributed by atoms with E-state index in [0.717, 1.165) is 24.8 Å². The first kappa shape index (κ1) is 10.7. The van der Waals surface area contributed by atoms with Gasteiger partial charge in [0.25, 0.3) is 0 Å². The summed E-state index contributed by atoms with van der Waals surface area (Å²) >= 11 is 5.74. The molecule has 2 rings (SSSR count). The molecule has 2 nitrogen and oxygen atoms in total. The van der Waals surface area contributed by atoms with Crippen LogP contribution in [-0.4, -0.2) is 7.11 Å². The summed E-state index contributed by atoms with van der Waals surface area (Å²) < 4.78 is 18.3. The Kier molecular flexibility index (Phi) is 2.61. The Morgan fingerprint density at radius 3 is 2.60 bits per heavy atom. The van der Waals surface area contributed by atoms with E-state index < -0.39 is 5.82 Å². The van der Waals surface area contributed by atoms with Crippen LogP contribution in [0.1, 0.15) is 24.8 Å². The number of methoxy groups -OCH3 is 1. The van der Waals surface area contributed by atoms with Gasteiger partial charge in [0.1, 0.15) is 11.6 Å². The van der Waals surface area contributed by atoms with Gasteiger partial charge in [-0.2, -0.15) is 0 Å². The van der Waals surface area contributed by atoms with Gasteiger partial charge in [0, 0.05) is 17.2 Å². The maximum absolute atomic E-state index is 13.2. The zero-order chi connectivity index (χ0) is 11.1. The van der Waals surface area contributed by atoms with Crippen LogP contribution < -0.4 is 10.5 Å². The van der Waals surface area contributed by atoms with E-state index in [2.05, 4.69) is 0 Å². The summed E-state index contributed by atoms with van der Waals surface area (Å²) in [5, 5.41) is 0.0996. The summed E-state index contributed by atoms with van der Waals surface area (Å²) in [4.78, 5) is 0. The van der Waals surface area contributed by atoms with E-state index in [1.54, 1.807) is 6.07 Å². The van der Waals surface area contributed by atoms with Crippen LogP contribution in [0, 0.1) is 5.82 Å². The Balaban J connectivity index is 2.49. The molecule has 2 N–H and O–H groups in total. The normalized spacial score (nSPS) is 18.4. The molecule has 0 bridgehead atoms. The Labute approximate surface area is 93.2 Å². The Hall–Kier alpha value is -0.800. The molecule has 0 spiro atoms. The third-order valence-corrected chi connectivity index (χ3v) is 3.31. The first-order chi connectivity index (χ1) is 7.07. The number of benzene rings is 1. The van der Waals surface area contributed by atoms with E-state index in [1.165, 1.54) is 13.2 Å². The molecule has 82 valence electrons. The number of nitrogens with two attached hydrogens (primary N) is 1. The smallest absolute Gasteiger partial charge is 0.145 e. The highest BCUT2D eigenvalue weighted by molar-refractivity contribution is 6.30. The zero-order valence-corrected chi connectivity index (χ0v) is 9.27. The van der Waals surface area contributed by atoms with Crippen molar-refractivity contribution in [2.45, 2.75) is 24.8 Å². The second-order valence-electron chi connectivity index (χ2n) is 3.98. The summed E-state index contributed by atoms with van der Waals surface area (Å²) in [6, 6.07) is 2.87. The minimum absolute atomic E-state index is 0.0996. The van der Waals surface area contributed by atoms with E-state index in [4.69, 9.17) is 22.1 Å². The molecule has 0 aliphatic heterocycles. The maximum atomic E-state index is 13.2. The fourth-order valence-electron chi connectivity index (χ4n) is 1.91. The fraction of sp³-hybridized carbons (Fsp3) is 0.455. The highest BCUT2D eigenvalue weighted by Gasteiger charge is 2.37. The molecular weight excluding hydrogens is 217 g/mol. The van der Waals surface area contributed by atoms with Crippen LogP contribution in [0.3, 0.4) is 0 Å². The van der Waals surface area contributed by atoms with Crippen molar-refractivity contribution in [2.75, 3.05) is 7.11 Å². The predicted molar refractivity (Wildman–Crippen MR) is 57.7 cm³/mol. The van der Waals surface area contributed by atoms with Crippen molar-refractivity contribution in [3.05, 3.63) is 28.5 Å². The van der Waals surface area contributed by atoms with Gasteiger partial charge in [-0.25, -0.2) is 4.39 Å². The average Bonchev–Trinajstić information content (AvgIpc) is 2.18. The molecule has 0 aromatic heterocycles. The molecule has 1 fully saturated rings. The van der Waals surface area contributed by atoms with Crippen molar-refractivity contribution in [2.24, 2.45) is 5.73 Å². The molecule has 0 unspecified atom stereocenters. The van der Waals surface area contributed by atoms with Crippen molar-refractivity contribution in [1.29, 1.82) is 0 Å². The number of halogens is 2. The topological polar surface area (TPSA) is 35.2 Å². The van der Waals surface area contributed by atoms with Gasteiger partial charge in [-0.3, -0.25) is 0 Å². The molecule has 1 aliphatic carbocycles. The lowest BCUT2D eigenvalue weighted by Gasteiger charge is -2.39. The molecule has 1 aliphatic rings. The van der Waals surface area contributed by atoms with Gasteiger partial charge in [-0.15, -0.1) is 0 Å². The summed E-state index contributed by atoms with van der Waals surface area (Å²) in [5.41, 5.74) is 6.58. The predicted octanol–water partition coefficient (Wildman–Crippen LogP) is 2.83. The van der Waals surface area contributed by atoms with E-state index in [9.17, 15) is 4.39 Å². The molecular formula is C11H13ClFNO. The van der Waals surface area contributed by atoms with Crippen molar-refractivity contribution in [3.8, 4) is 5.75 Å². The minimum atomic E-state index is -0.472. The van der Waals surface area contributed by atoms with Gasteiger partial charge < -0.3 is 10.5 Å². The Morgan fingerprint density at radius 2 is 2.13 bits per heavy atom. The average molecular weight is 230 g/mol. The van der Waals surface area contributed by atoms with Crippen LogP contribution in [0.4, 0.5) is 4.39 Å². The lowest BCUT2D eigenvalue weighted by Crippen LogP contribution is -2.43. The fourth-order valence-corrected chi connectivity index (χ4v) is 2.08. The van der Waals surface area contributed by atoms with Crippen LogP contribution in [0.15, 0.2) is 12.1 Å². The van der Waals surface area contributed by atoms with Crippen molar-refractivity contribution >= 4 is 11.6 Å². The molecule has 0 radical (unpaired) electrons. The van der Waals surface area contributed by atoms with Crippen molar-refractivity contribution < 1.29 is 9.13 Å². The molecule has 4 heteroatoms. The third-order valence-electron chi connectivity index (χ3n) is 3.02. The second kappa shape index (κ2) is 3.65. The molecule has 0 heterocycles. The van der Waals surface area contributed by atoms with Crippen molar-refractivity contribution in [3.63, 3.8) is 0 Å². The van der Waals surface area contributed by atoms with E-state index in [0.29, 0.717) is 5.75 Å². The van der Waals surface area contributed by atoms with Crippen molar-refractivity contribution in [1.82, 2.24) is 0 Å². The maximum Gasteiger partial charge on any atom is 0.145 e. The van der Waals surface area contributed by atoms with Crippen LogP contribution in [0.2, 0.25) is 5.02 Å². The highest BCUT2D eigenvalue weighted by atomic mass is 35.5. The Bertz CT molecular complexity index is 390. The Morgan fingerprint density at radius 1 is 1.47 bits per heavy atom. The van der Waals surface area contributed by atoms with Gasteiger partial charge in [-0.05, 0) is 25.3 Å². The highest BCUT2D eigenvalue weighted by Crippen LogP contribution is 2.44. The van der Waals surface area contributed by atoms with Gasteiger partial charge in [-0.1, -0.05) is 11.6 Å². The van der Waals surface area contributed by atoms with Crippen LogP contribution >= 0.6 is 11.6 Å². The number of rotatable bonds is 2. The standard InChI is InChI=1S/C11H13ClFNO/c1-15-10-6-9(13)8(12)5-7(10)11(14)3-2-4-11/h5-6H,2-4,14H2,1H3. The molecule has 1 aromatic carbocycles. The second-order valence-corrected chi connectivity index (χ2v) is 4.38. The lowest BCUT2D eigenvalue weighted by molar-refractivity contribution is 0.243. The molecule has 1 saturated carbocycles. The SMILES string of the molecule is COc1cc(F)c(Cl)cc1C1(N)CCC1. The largest absolute Gasteiger partial charge is 0.496 e. The molecule has 0 saturated heterocycles. The molecule has 0 atom stereocenters. The molecule has 15 heavy (non-hydrogen) atoms.